The minimum atomic E-state index is -0.916. The zero-order chi connectivity index (χ0) is 24.4. The van der Waals surface area contributed by atoms with Gasteiger partial charge in [-0.2, -0.15) is 0 Å². The molecular formula is C27H25F2N3O2S. The van der Waals surface area contributed by atoms with E-state index in [4.69, 9.17) is 0 Å². The molecule has 2 aromatic carbocycles. The molecule has 0 radical (unpaired) electrons. The number of aromatic nitrogens is 1. The fourth-order valence-corrected chi connectivity index (χ4v) is 5.69. The lowest BCUT2D eigenvalue weighted by Gasteiger charge is -2.32. The SMILES string of the molecule is O=C(c1cnc2c(CO)csc2c1NCc1cccc(F)c1F)N1CCC(c2ccccc2)CC1. The molecule has 2 N–H and O–H groups in total. The van der Waals surface area contributed by atoms with Gasteiger partial charge in [-0.15, -0.1) is 11.3 Å². The average Bonchev–Trinajstić information content (AvgIpc) is 3.33. The number of piperidine rings is 1. The molecular weight excluding hydrogens is 468 g/mol. The molecule has 2 aromatic heterocycles. The normalized spacial score (nSPS) is 14.4. The number of thiophene rings is 1. The Balaban J connectivity index is 1.42. The first kappa shape index (κ1) is 23.4. The maximum atomic E-state index is 14.3. The minimum absolute atomic E-state index is 0.00538. The Morgan fingerprint density at radius 3 is 2.60 bits per heavy atom. The van der Waals surface area contributed by atoms with Gasteiger partial charge in [0.15, 0.2) is 11.6 Å². The number of nitrogens with zero attached hydrogens (tertiary/aromatic N) is 2. The van der Waals surface area contributed by atoms with Crippen LogP contribution in [0.5, 0.6) is 0 Å². The first-order valence-electron chi connectivity index (χ1n) is 11.6. The van der Waals surface area contributed by atoms with E-state index in [0.717, 1.165) is 18.9 Å². The summed E-state index contributed by atoms with van der Waals surface area (Å²) in [6.07, 6.45) is 3.26. The second kappa shape index (κ2) is 10.1. The lowest BCUT2D eigenvalue weighted by atomic mass is 9.89. The number of anilines is 1. The molecule has 0 saturated carbocycles. The fraction of sp³-hybridized carbons (Fsp3) is 0.259. The molecule has 3 heterocycles. The molecule has 35 heavy (non-hydrogen) atoms. The van der Waals surface area contributed by atoms with Crippen LogP contribution in [0.15, 0.2) is 60.1 Å². The van der Waals surface area contributed by atoms with E-state index >= 15 is 0 Å². The highest BCUT2D eigenvalue weighted by molar-refractivity contribution is 7.18. The maximum absolute atomic E-state index is 14.3. The number of likely N-dealkylation sites (tertiary alicyclic amines) is 1. The summed E-state index contributed by atoms with van der Waals surface area (Å²) in [4.78, 5) is 19.9. The number of carbonyl (C=O) groups excluding carboxylic acids is 1. The molecule has 5 nitrogen and oxygen atoms in total. The van der Waals surface area contributed by atoms with Crippen LogP contribution in [0.1, 0.15) is 45.8 Å². The van der Waals surface area contributed by atoms with Gasteiger partial charge in [-0.1, -0.05) is 42.5 Å². The van der Waals surface area contributed by atoms with Crippen molar-refractivity contribution >= 4 is 33.1 Å². The van der Waals surface area contributed by atoms with E-state index in [-0.39, 0.29) is 24.6 Å². The molecule has 5 rings (SSSR count). The monoisotopic (exact) mass is 493 g/mol. The molecule has 0 bridgehead atoms. The number of halogens is 2. The Morgan fingerprint density at radius 2 is 1.86 bits per heavy atom. The van der Waals surface area contributed by atoms with Crippen LogP contribution in [0.25, 0.3) is 10.2 Å². The average molecular weight is 494 g/mol. The number of benzene rings is 2. The van der Waals surface area contributed by atoms with Gasteiger partial charge in [-0.3, -0.25) is 9.78 Å². The summed E-state index contributed by atoms with van der Waals surface area (Å²) in [6, 6.07) is 14.4. The number of hydrogen-bond donors (Lipinski definition) is 2. The first-order chi connectivity index (χ1) is 17.1. The number of nitrogens with one attached hydrogen (secondary N) is 1. The van der Waals surface area contributed by atoms with Crippen LogP contribution in [0, 0.1) is 11.6 Å². The molecule has 0 spiro atoms. The van der Waals surface area contributed by atoms with Crippen molar-refractivity contribution in [3.05, 3.63) is 94.0 Å². The zero-order valence-corrected chi connectivity index (χ0v) is 19.8. The van der Waals surface area contributed by atoms with Crippen LogP contribution in [-0.4, -0.2) is 34.0 Å². The number of hydrogen-bond acceptors (Lipinski definition) is 5. The Hall–Kier alpha value is -3.36. The molecule has 1 fully saturated rings. The van der Waals surface area contributed by atoms with Crippen molar-refractivity contribution in [1.82, 2.24) is 9.88 Å². The smallest absolute Gasteiger partial charge is 0.257 e. The highest BCUT2D eigenvalue weighted by Crippen LogP contribution is 2.36. The Kier molecular flexibility index (Phi) is 6.74. The molecule has 0 atom stereocenters. The largest absolute Gasteiger partial charge is 0.392 e. The van der Waals surface area contributed by atoms with Crippen molar-refractivity contribution in [3.63, 3.8) is 0 Å². The second-order valence-corrected chi connectivity index (χ2v) is 9.57. The third-order valence-corrected chi connectivity index (χ3v) is 7.63. The van der Waals surface area contributed by atoms with Gasteiger partial charge >= 0.3 is 0 Å². The molecule has 0 aliphatic carbocycles. The van der Waals surface area contributed by atoms with Crippen LogP contribution in [0.4, 0.5) is 14.5 Å². The van der Waals surface area contributed by atoms with Gasteiger partial charge in [0, 0.05) is 37.0 Å². The second-order valence-electron chi connectivity index (χ2n) is 8.69. The third kappa shape index (κ3) is 4.63. The summed E-state index contributed by atoms with van der Waals surface area (Å²) in [5.74, 6) is -1.56. The van der Waals surface area contributed by atoms with Crippen molar-refractivity contribution in [2.45, 2.75) is 31.9 Å². The predicted molar refractivity (Wildman–Crippen MR) is 134 cm³/mol. The summed E-state index contributed by atoms with van der Waals surface area (Å²) >= 11 is 1.36. The first-order valence-corrected chi connectivity index (χ1v) is 12.5. The molecule has 0 unspecified atom stereocenters. The molecule has 1 aliphatic rings. The van der Waals surface area contributed by atoms with Crippen molar-refractivity contribution < 1.29 is 18.7 Å². The van der Waals surface area contributed by atoms with E-state index in [1.807, 2.05) is 23.1 Å². The number of rotatable bonds is 6. The lowest BCUT2D eigenvalue weighted by molar-refractivity contribution is 0.0713. The van der Waals surface area contributed by atoms with E-state index < -0.39 is 11.6 Å². The van der Waals surface area contributed by atoms with Gasteiger partial charge in [0.05, 0.1) is 28.1 Å². The van der Waals surface area contributed by atoms with Crippen molar-refractivity contribution in [2.75, 3.05) is 18.4 Å². The summed E-state index contributed by atoms with van der Waals surface area (Å²) in [6.45, 7) is 1.08. The van der Waals surface area contributed by atoms with E-state index in [0.29, 0.717) is 46.0 Å². The molecule has 1 saturated heterocycles. The van der Waals surface area contributed by atoms with Gasteiger partial charge in [0.1, 0.15) is 0 Å². The van der Waals surface area contributed by atoms with E-state index in [9.17, 15) is 18.7 Å². The van der Waals surface area contributed by atoms with Gasteiger partial charge in [0.2, 0.25) is 0 Å². The van der Waals surface area contributed by atoms with Crippen LogP contribution in [0.2, 0.25) is 0 Å². The van der Waals surface area contributed by atoms with E-state index in [2.05, 4.69) is 22.4 Å². The minimum Gasteiger partial charge on any atom is -0.392 e. The van der Waals surface area contributed by atoms with Crippen LogP contribution in [-0.2, 0) is 13.2 Å². The lowest BCUT2D eigenvalue weighted by Crippen LogP contribution is -2.38. The molecule has 180 valence electrons. The Morgan fingerprint density at radius 1 is 1.09 bits per heavy atom. The topological polar surface area (TPSA) is 65.5 Å². The van der Waals surface area contributed by atoms with E-state index in [1.165, 1.54) is 35.2 Å². The number of aliphatic hydroxyl groups is 1. The summed E-state index contributed by atoms with van der Waals surface area (Å²) in [7, 11) is 0. The predicted octanol–water partition coefficient (Wildman–Crippen LogP) is 5.70. The van der Waals surface area contributed by atoms with Crippen molar-refractivity contribution in [2.24, 2.45) is 0 Å². The maximum Gasteiger partial charge on any atom is 0.257 e. The van der Waals surface area contributed by atoms with Crippen molar-refractivity contribution in [3.8, 4) is 0 Å². The number of pyridine rings is 1. The van der Waals surface area contributed by atoms with Gasteiger partial charge in [-0.05, 0) is 35.8 Å². The summed E-state index contributed by atoms with van der Waals surface area (Å²) < 4.78 is 28.7. The molecule has 4 aromatic rings. The Bertz CT molecular complexity index is 1350. The number of carbonyl (C=O) groups is 1. The van der Waals surface area contributed by atoms with Crippen LogP contribution < -0.4 is 5.32 Å². The number of fused-ring (bicyclic) bond motifs is 1. The quantitative estimate of drug-likeness (QED) is 0.362. The van der Waals surface area contributed by atoms with Gasteiger partial charge in [-0.25, -0.2) is 8.78 Å². The number of aliphatic hydroxyl groups excluding tert-OH is 1. The standard InChI is InChI=1S/C27H25F2N3O2S/c28-22-8-4-7-19(23(22)29)13-30-25-21(14-31-24-20(15-33)16-35-26(24)25)27(34)32-11-9-18(10-12-32)17-5-2-1-3-6-17/h1-8,14,16,18,33H,9-13,15H2,(H,30,31). The highest BCUT2D eigenvalue weighted by atomic mass is 32.1. The fourth-order valence-electron chi connectivity index (χ4n) is 4.65. The van der Waals surface area contributed by atoms with Crippen LogP contribution in [0.3, 0.4) is 0 Å². The zero-order valence-electron chi connectivity index (χ0n) is 19.0. The summed E-state index contributed by atoms with van der Waals surface area (Å²) in [5.41, 5.74) is 3.62. The third-order valence-electron chi connectivity index (χ3n) is 6.60. The van der Waals surface area contributed by atoms with Gasteiger partial charge < -0.3 is 15.3 Å². The Labute approximate surface area is 206 Å². The van der Waals surface area contributed by atoms with Crippen molar-refractivity contribution in [1.29, 1.82) is 0 Å². The van der Waals surface area contributed by atoms with Gasteiger partial charge in [0.25, 0.3) is 5.91 Å². The molecule has 8 heteroatoms. The summed E-state index contributed by atoms with van der Waals surface area (Å²) in [5, 5.41) is 14.6. The number of amides is 1. The molecule has 1 aliphatic heterocycles. The van der Waals surface area contributed by atoms with Crippen LogP contribution >= 0.6 is 11.3 Å². The van der Waals surface area contributed by atoms with E-state index in [1.54, 1.807) is 5.38 Å². The highest BCUT2D eigenvalue weighted by Gasteiger charge is 2.27. The molecule has 1 amide bonds.